The van der Waals surface area contributed by atoms with Crippen molar-refractivity contribution in [3.63, 3.8) is 0 Å². The molecule has 6 heteroatoms. The first-order chi connectivity index (χ1) is 27.3. The van der Waals surface area contributed by atoms with Crippen LogP contribution in [0, 0.1) is 48.5 Å². The zero-order valence-electron chi connectivity index (χ0n) is 33.7. The van der Waals surface area contributed by atoms with E-state index in [4.69, 9.17) is 4.74 Å². The summed E-state index contributed by atoms with van der Waals surface area (Å²) in [6, 6.07) is 38.1. The Kier molecular flexibility index (Phi) is 9.45. The number of carboxylic acids is 1. The topological polar surface area (TPSA) is 84.3 Å². The minimum Gasteiger partial charge on any atom is -0.477 e. The lowest BCUT2D eigenvalue weighted by atomic mass is 9.95. The standard InChI is InChI=1S/C51H46N2O4/c1-28-13-29(2)18-38(17-28)36-9-11-44-42(25-36)46(48(52-44)50(54)55)41-23-34(7)16-35(24-41)27-53-45-12-10-37(39-19-30(3)14-31(4)20-39)26-43(45)47(49(53)51(56)57-8)40-21-32(5)15-33(6)22-40/h9-26,52H,27H2,1-8H3,(H,54,55). The van der Waals surface area contributed by atoms with Crippen molar-refractivity contribution in [1.82, 2.24) is 9.55 Å². The Hall–Kier alpha value is -6.66. The van der Waals surface area contributed by atoms with E-state index in [1.807, 2.05) is 25.1 Å². The minimum atomic E-state index is -1.03. The largest absolute Gasteiger partial charge is 0.477 e. The summed E-state index contributed by atoms with van der Waals surface area (Å²) in [6.45, 7) is 14.9. The molecule has 284 valence electrons. The number of nitrogens with zero attached hydrogens (tertiary/aromatic N) is 1. The number of esters is 1. The van der Waals surface area contributed by atoms with Gasteiger partial charge in [-0.2, -0.15) is 0 Å². The summed E-state index contributed by atoms with van der Waals surface area (Å²) < 4.78 is 7.60. The molecule has 0 radical (unpaired) electrons. The Morgan fingerprint density at radius 2 is 1.02 bits per heavy atom. The van der Waals surface area contributed by atoms with E-state index in [9.17, 15) is 14.7 Å². The number of benzene rings is 6. The number of aryl methyl sites for hydroxylation is 7. The van der Waals surface area contributed by atoms with Crippen LogP contribution in [0.3, 0.4) is 0 Å². The van der Waals surface area contributed by atoms with E-state index in [1.165, 1.54) is 29.4 Å². The summed E-state index contributed by atoms with van der Waals surface area (Å²) in [4.78, 5) is 30.1. The number of carbonyl (C=O) groups excluding carboxylic acids is 1. The number of aromatic nitrogens is 2. The molecule has 0 amide bonds. The number of nitrogens with one attached hydrogen (secondary N) is 1. The number of carbonyl (C=O) groups is 2. The van der Waals surface area contributed by atoms with Gasteiger partial charge in [-0.15, -0.1) is 0 Å². The van der Waals surface area contributed by atoms with Gasteiger partial charge in [-0.25, -0.2) is 9.59 Å². The summed E-state index contributed by atoms with van der Waals surface area (Å²) in [5.41, 5.74) is 18.5. The maximum absolute atomic E-state index is 14.1. The lowest BCUT2D eigenvalue weighted by Gasteiger charge is -2.14. The third-order valence-corrected chi connectivity index (χ3v) is 10.8. The molecule has 0 aliphatic carbocycles. The maximum atomic E-state index is 14.1. The van der Waals surface area contributed by atoms with Crippen molar-refractivity contribution in [2.45, 2.75) is 55.0 Å². The molecule has 0 atom stereocenters. The number of carboxylic acid groups (broad SMARTS) is 1. The van der Waals surface area contributed by atoms with E-state index in [2.05, 4.69) is 142 Å². The fourth-order valence-corrected chi connectivity index (χ4v) is 8.81. The lowest BCUT2D eigenvalue weighted by molar-refractivity contribution is 0.0589. The quantitative estimate of drug-likeness (QED) is 0.151. The van der Waals surface area contributed by atoms with Crippen LogP contribution in [-0.2, 0) is 11.3 Å². The highest BCUT2D eigenvalue weighted by molar-refractivity contribution is 6.10. The van der Waals surface area contributed by atoms with Crippen LogP contribution in [-0.4, -0.2) is 33.7 Å². The molecule has 2 heterocycles. The van der Waals surface area contributed by atoms with Gasteiger partial charge in [0, 0.05) is 39.5 Å². The Bertz CT molecular complexity index is 2880. The van der Waals surface area contributed by atoms with Gasteiger partial charge in [0.15, 0.2) is 0 Å². The molecule has 0 aliphatic rings. The minimum absolute atomic E-state index is 0.136. The summed E-state index contributed by atoms with van der Waals surface area (Å²) in [5.74, 6) is -1.45. The van der Waals surface area contributed by atoms with E-state index in [-0.39, 0.29) is 5.69 Å². The van der Waals surface area contributed by atoms with Crippen LogP contribution in [0.2, 0.25) is 0 Å². The third kappa shape index (κ3) is 7.04. The zero-order chi connectivity index (χ0) is 40.3. The molecule has 2 aromatic heterocycles. The summed E-state index contributed by atoms with van der Waals surface area (Å²) >= 11 is 0. The molecule has 8 aromatic rings. The van der Waals surface area contributed by atoms with Crippen molar-refractivity contribution >= 4 is 33.7 Å². The van der Waals surface area contributed by atoms with Gasteiger partial charge in [0.05, 0.1) is 7.11 Å². The molecule has 0 unspecified atom stereocenters. The Labute approximate surface area is 333 Å². The van der Waals surface area contributed by atoms with Crippen LogP contribution in [0.25, 0.3) is 66.3 Å². The van der Waals surface area contributed by atoms with Gasteiger partial charge in [-0.1, -0.05) is 118 Å². The van der Waals surface area contributed by atoms with Gasteiger partial charge in [-0.3, -0.25) is 0 Å². The van der Waals surface area contributed by atoms with E-state index in [0.717, 1.165) is 83.0 Å². The second-order valence-electron chi connectivity index (χ2n) is 15.8. The highest BCUT2D eigenvalue weighted by atomic mass is 16.5. The fourth-order valence-electron chi connectivity index (χ4n) is 8.81. The number of rotatable bonds is 8. The molecule has 8 rings (SSSR count). The molecule has 2 N–H and O–H groups in total. The van der Waals surface area contributed by atoms with Crippen LogP contribution in [0.1, 0.15) is 65.5 Å². The first-order valence-electron chi connectivity index (χ1n) is 19.3. The first kappa shape index (κ1) is 37.3. The van der Waals surface area contributed by atoms with E-state index in [1.54, 1.807) is 0 Å². The first-order valence-corrected chi connectivity index (χ1v) is 19.3. The highest BCUT2D eigenvalue weighted by Crippen LogP contribution is 2.41. The number of H-pyrrole nitrogens is 1. The van der Waals surface area contributed by atoms with Crippen LogP contribution >= 0.6 is 0 Å². The molecule has 0 saturated carbocycles. The molecule has 6 aromatic carbocycles. The molecular formula is C51H46N2O4. The predicted octanol–water partition coefficient (Wildman–Crippen LogP) is 12.5. The molecule has 6 nitrogen and oxygen atoms in total. The van der Waals surface area contributed by atoms with Crippen molar-refractivity contribution < 1.29 is 19.4 Å². The van der Waals surface area contributed by atoms with Crippen LogP contribution in [0.4, 0.5) is 0 Å². The van der Waals surface area contributed by atoms with Gasteiger partial charge in [0.1, 0.15) is 11.4 Å². The Balaban J connectivity index is 1.34. The molecule has 0 saturated heterocycles. The third-order valence-electron chi connectivity index (χ3n) is 10.8. The van der Waals surface area contributed by atoms with E-state index < -0.39 is 11.9 Å². The Morgan fingerprint density at radius 3 is 1.54 bits per heavy atom. The van der Waals surface area contributed by atoms with Crippen molar-refractivity contribution in [1.29, 1.82) is 0 Å². The lowest BCUT2D eigenvalue weighted by Crippen LogP contribution is -2.13. The van der Waals surface area contributed by atoms with E-state index >= 15 is 0 Å². The monoisotopic (exact) mass is 750 g/mol. The van der Waals surface area contributed by atoms with Crippen LogP contribution in [0.15, 0.2) is 109 Å². The number of methoxy groups -OCH3 is 1. The maximum Gasteiger partial charge on any atom is 0.355 e. The summed E-state index contributed by atoms with van der Waals surface area (Å²) in [5, 5.41) is 12.3. The van der Waals surface area contributed by atoms with E-state index in [0.29, 0.717) is 17.8 Å². The smallest absolute Gasteiger partial charge is 0.355 e. The summed E-state index contributed by atoms with van der Waals surface area (Å²) in [6.07, 6.45) is 0. The Morgan fingerprint density at radius 1 is 0.544 bits per heavy atom. The number of aromatic carboxylic acids is 1. The second kappa shape index (κ2) is 14.4. The molecule has 0 spiro atoms. The van der Waals surface area contributed by atoms with Crippen molar-refractivity contribution in [3.05, 3.63) is 165 Å². The molecular weight excluding hydrogens is 705 g/mol. The average molecular weight is 751 g/mol. The van der Waals surface area contributed by atoms with Gasteiger partial charge in [0.2, 0.25) is 0 Å². The number of aromatic amines is 1. The van der Waals surface area contributed by atoms with Gasteiger partial charge < -0.3 is 19.4 Å². The highest BCUT2D eigenvalue weighted by Gasteiger charge is 2.27. The normalized spacial score (nSPS) is 11.4. The predicted molar refractivity (Wildman–Crippen MR) is 233 cm³/mol. The average Bonchev–Trinajstić information content (AvgIpc) is 3.69. The van der Waals surface area contributed by atoms with Crippen LogP contribution < -0.4 is 0 Å². The number of ether oxygens (including phenoxy) is 1. The van der Waals surface area contributed by atoms with Crippen molar-refractivity contribution in [2.75, 3.05) is 7.11 Å². The van der Waals surface area contributed by atoms with Crippen molar-refractivity contribution in [2.24, 2.45) is 0 Å². The SMILES string of the molecule is COC(=O)c1c(-c2cc(C)cc(C)c2)c2cc(-c3cc(C)cc(C)c3)ccc2n1Cc1cc(C)cc(-c2c(C(=O)O)[nH]c3ccc(-c4cc(C)cc(C)c4)cc23)c1. The van der Waals surface area contributed by atoms with Gasteiger partial charge in [-0.05, 0) is 118 Å². The summed E-state index contributed by atoms with van der Waals surface area (Å²) in [7, 11) is 1.43. The number of fused-ring (bicyclic) bond motifs is 2. The molecule has 57 heavy (non-hydrogen) atoms. The molecule has 0 aliphatic heterocycles. The fraction of sp³-hybridized carbons (Fsp3) is 0.176. The van der Waals surface area contributed by atoms with Crippen molar-refractivity contribution in [3.8, 4) is 44.5 Å². The molecule has 0 fully saturated rings. The van der Waals surface area contributed by atoms with Gasteiger partial charge in [0.25, 0.3) is 0 Å². The number of hydrogen-bond acceptors (Lipinski definition) is 3. The second-order valence-corrected chi connectivity index (χ2v) is 15.8. The molecule has 0 bridgehead atoms. The van der Waals surface area contributed by atoms with Gasteiger partial charge >= 0.3 is 11.9 Å². The number of hydrogen-bond donors (Lipinski definition) is 2. The van der Waals surface area contributed by atoms with Crippen LogP contribution in [0.5, 0.6) is 0 Å². The zero-order valence-corrected chi connectivity index (χ0v) is 33.7.